The summed E-state index contributed by atoms with van der Waals surface area (Å²) in [5.41, 5.74) is 6.53. The summed E-state index contributed by atoms with van der Waals surface area (Å²) in [5, 5.41) is 0.696. The van der Waals surface area contributed by atoms with E-state index in [1.54, 1.807) is 0 Å². The molecule has 0 amide bonds. The molecule has 0 bridgehead atoms. The zero-order valence-corrected chi connectivity index (χ0v) is 13.1. The van der Waals surface area contributed by atoms with E-state index in [1.807, 2.05) is 0 Å². The smallest absolute Gasteiger partial charge is 0.0458 e. The van der Waals surface area contributed by atoms with Crippen molar-refractivity contribution in [2.75, 3.05) is 18.8 Å². The third-order valence-electron chi connectivity index (χ3n) is 4.91. The van der Waals surface area contributed by atoms with Crippen LogP contribution in [0.1, 0.15) is 52.9 Å². The summed E-state index contributed by atoms with van der Waals surface area (Å²) >= 11 is 2.12. The van der Waals surface area contributed by atoms with Gasteiger partial charge >= 0.3 is 0 Å². The molecule has 1 aliphatic heterocycles. The molecular formula is C15H30N2S. The van der Waals surface area contributed by atoms with Crippen molar-refractivity contribution in [1.82, 2.24) is 4.90 Å². The van der Waals surface area contributed by atoms with Gasteiger partial charge in [0, 0.05) is 29.9 Å². The van der Waals surface area contributed by atoms with Crippen LogP contribution in [0.25, 0.3) is 0 Å². The molecule has 2 nitrogen and oxygen atoms in total. The first-order valence-corrected chi connectivity index (χ1v) is 8.73. The highest BCUT2D eigenvalue weighted by molar-refractivity contribution is 8.00. The number of hydrogen-bond acceptors (Lipinski definition) is 3. The van der Waals surface area contributed by atoms with Gasteiger partial charge in [-0.3, -0.25) is 4.90 Å². The molecule has 2 unspecified atom stereocenters. The maximum absolute atomic E-state index is 6.25. The van der Waals surface area contributed by atoms with Crippen LogP contribution in [0.2, 0.25) is 0 Å². The molecule has 18 heavy (non-hydrogen) atoms. The largest absolute Gasteiger partial charge is 0.329 e. The third-order valence-corrected chi connectivity index (χ3v) is 6.29. The molecular weight excluding hydrogens is 240 g/mol. The first-order valence-electron chi connectivity index (χ1n) is 7.68. The van der Waals surface area contributed by atoms with Crippen LogP contribution in [0.3, 0.4) is 0 Å². The van der Waals surface area contributed by atoms with Crippen molar-refractivity contribution in [3.63, 3.8) is 0 Å². The Labute approximate surface area is 117 Å². The molecule has 1 saturated carbocycles. The zero-order valence-electron chi connectivity index (χ0n) is 12.3. The number of thioether (sulfide) groups is 1. The fraction of sp³-hybridized carbons (Fsp3) is 1.00. The van der Waals surface area contributed by atoms with Crippen molar-refractivity contribution in [2.45, 2.75) is 69.7 Å². The Balaban J connectivity index is 2.19. The van der Waals surface area contributed by atoms with E-state index < -0.39 is 0 Å². The van der Waals surface area contributed by atoms with E-state index in [9.17, 15) is 0 Å². The highest BCUT2D eigenvalue weighted by Gasteiger charge is 2.47. The van der Waals surface area contributed by atoms with Crippen LogP contribution in [0, 0.1) is 5.92 Å². The molecule has 0 spiro atoms. The van der Waals surface area contributed by atoms with Crippen LogP contribution in [0.15, 0.2) is 0 Å². The van der Waals surface area contributed by atoms with Gasteiger partial charge in [-0.15, -0.1) is 0 Å². The molecule has 3 heteroatoms. The molecule has 2 rings (SSSR count). The first kappa shape index (κ1) is 14.7. The van der Waals surface area contributed by atoms with E-state index in [0.717, 1.165) is 18.5 Å². The van der Waals surface area contributed by atoms with Gasteiger partial charge in [-0.05, 0) is 30.9 Å². The molecule has 1 saturated heterocycles. The van der Waals surface area contributed by atoms with Gasteiger partial charge < -0.3 is 5.73 Å². The topological polar surface area (TPSA) is 29.3 Å². The van der Waals surface area contributed by atoms with Crippen molar-refractivity contribution in [1.29, 1.82) is 0 Å². The summed E-state index contributed by atoms with van der Waals surface area (Å²) in [6.45, 7) is 9.15. The summed E-state index contributed by atoms with van der Waals surface area (Å²) in [6.07, 6.45) is 6.92. The highest BCUT2D eigenvalue weighted by Crippen LogP contribution is 2.43. The van der Waals surface area contributed by atoms with E-state index in [1.165, 1.54) is 44.4 Å². The summed E-state index contributed by atoms with van der Waals surface area (Å²) in [4.78, 5) is 2.83. The van der Waals surface area contributed by atoms with E-state index in [2.05, 4.69) is 37.4 Å². The number of rotatable bonds is 5. The molecule has 2 atom stereocenters. The average Bonchev–Trinajstić information content (AvgIpc) is 2.95. The summed E-state index contributed by atoms with van der Waals surface area (Å²) < 4.78 is 0. The van der Waals surface area contributed by atoms with Gasteiger partial charge in [0.2, 0.25) is 0 Å². The van der Waals surface area contributed by atoms with Gasteiger partial charge in [0.05, 0.1) is 0 Å². The zero-order chi connectivity index (χ0) is 13.2. The molecule has 2 N–H and O–H groups in total. The second kappa shape index (κ2) is 6.15. The molecule has 2 fully saturated rings. The number of nitrogens with zero attached hydrogens (tertiary/aromatic N) is 1. The summed E-state index contributed by atoms with van der Waals surface area (Å²) in [5.74, 6) is 2.03. The Bertz CT molecular complexity index is 263. The molecule has 1 heterocycles. The fourth-order valence-electron chi connectivity index (χ4n) is 3.84. The normalized spacial score (nSPS) is 34.0. The summed E-state index contributed by atoms with van der Waals surface area (Å²) in [6, 6.07) is 0.803. The van der Waals surface area contributed by atoms with Gasteiger partial charge in [0.1, 0.15) is 0 Å². The van der Waals surface area contributed by atoms with Crippen molar-refractivity contribution < 1.29 is 0 Å². The second-order valence-electron chi connectivity index (χ2n) is 6.56. The number of hydrogen-bond donors (Lipinski definition) is 1. The Morgan fingerprint density at radius 3 is 2.44 bits per heavy atom. The Hall–Kier alpha value is 0.270. The minimum Gasteiger partial charge on any atom is -0.329 e. The number of nitrogens with two attached hydrogens (primary N) is 1. The maximum Gasteiger partial charge on any atom is 0.0458 e. The van der Waals surface area contributed by atoms with Crippen molar-refractivity contribution in [2.24, 2.45) is 11.7 Å². The van der Waals surface area contributed by atoms with Gasteiger partial charge in [-0.1, -0.05) is 33.6 Å². The third kappa shape index (κ3) is 2.73. The van der Waals surface area contributed by atoms with Crippen LogP contribution in [0.4, 0.5) is 0 Å². The SMILES string of the molecule is CC(C)CN(C1CCCC1)C1(CN)CCSC1C. The molecule has 1 aliphatic carbocycles. The Morgan fingerprint density at radius 2 is 2.00 bits per heavy atom. The Kier molecular flexibility index (Phi) is 5.01. The van der Waals surface area contributed by atoms with Crippen molar-refractivity contribution >= 4 is 11.8 Å². The quantitative estimate of drug-likeness (QED) is 0.832. The van der Waals surface area contributed by atoms with E-state index >= 15 is 0 Å². The van der Waals surface area contributed by atoms with Crippen molar-refractivity contribution in [3.8, 4) is 0 Å². The maximum atomic E-state index is 6.25. The summed E-state index contributed by atoms with van der Waals surface area (Å²) in [7, 11) is 0. The standard InChI is InChI=1S/C15H30N2S/c1-12(2)10-17(14-6-4-5-7-14)15(11-16)8-9-18-13(15)3/h12-14H,4-11,16H2,1-3H3. The molecule has 0 radical (unpaired) electrons. The molecule has 2 aliphatic rings. The predicted octanol–water partition coefficient (Wildman–Crippen LogP) is 3.11. The minimum absolute atomic E-state index is 0.282. The molecule has 0 aromatic carbocycles. The minimum atomic E-state index is 0.282. The lowest BCUT2D eigenvalue weighted by atomic mass is 9.87. The van der Waals surface area contributed by atoms with E-state index in [-0.39, 0.29) is 5.54 Å². The average molecular weight is 270 g/mol. The van der Waals surface area contributed by atoms with Crippen LogP contribution in [-0.4, -0.2) is 40.6 Å². The van der Waals surface area contributed by atoms with E-state index in [4.69, 9.17) is 5.73 Å². The van der Waals surface area contributed by atoms with Crippen LogP contribution in [-0.2, 0) is 0 Å². The van der Waals surface area contributed by atoms with Crippen molar-refractivity contribution in [3.05, 3.63) is 0 Å². The lowest BCUT2D eigenvalue weighted by Crippen LogP contribution is -2.61. The van der Waals surface area contributed by atoms with Gasteiger partial charge in [-0.2, -0.15) is 11.8 Å². The van der Waals surface area contributed by atoms with Gasteiger partial charge in [-0.25, -0.2) is 0 Å². The molecule has 106 valence electrons. The van der Waals surface area contributed by atoms with Crippen LogP contribution >= 0.6 is 11.8 Å². The predicted molar refractivity (Wildman–Crippen MR) is 82.1 cm³/mol. The lowest BCUT2D eigenvalue weighted by Gasteiger charge is -2.47. The van der Waals surface area contributed by atoms with Gasteiger partial charge in [0.25, 0.3) is 0 Å². The van der Waals surface area contributed by atoms with Crippen LogP contribution < -0.4 is 5.73 Å². The highest BCUT2D eigenvalue weighted by atomic mass is 32.2. The van der Waals surface area contributed by atoms with Crippen LogP contribution in [0.5, 0.6) is 0 Å². The monoisotopic (exact) mass is 270 g/mol. The van der Waals surface area contributed by atoms with E-state index in [0.29, 0.717) is 5.25 Å². The molecule has 0 aromatic rings. The molecule has 0 aromatic heterocycles. The van der Waals surface area contributed by atoms with Gasteiger partial charge in [0.15, 0.2) is 0 Å². The lowest BCUT2D eigenvalue weighted by molar-refractivity contribution is 0.0407. The fourth-order valence-corrected chi connectivity index (χ4v) is 5.32. The Morgan fingerprint density at radius 1 is 1.33 bits per heavy atom. The second-order valence-corrected chi connectivity index (χ2v) is 8.00. The first-order chi connectivity index (χ1) is 8.60.